The number of pyridine rings is 2. The Kier molecular flexibility index (Phi) is 5.18. The molecule has 29 heavy (non-hydrogen) atoms. The van der Waals surface area contributed by atoms with Crippen LogP contribution in [0.5, 0.6) is 0 Å². The van der Waals surface area contributed by atoms with Gasteiger partial charge in [0.1, 0.15) is 5.82 Å². The lowest BCUT2D eigenvalue weighted by atomic mass is 10.0. The molecule has 0 fully saturated rings. The summed E-state index contributed by atoms with van der Waals surface area (Å²) in [6.45, 7) is 0.244. The highest BCUT2D eigenvalue weighted by atomic mass is 35.5. The van der Waals surface area contributed by atoms with Gasteiger partial charge in [-0.2, -0.15) is 0 Å². The predicted octanol–water partition coefficient (Wildman–Crippen LogP) is 5.12. The van der Waals surface area contributed by atoms with Crippen LogP contribution in [-0.4, -0.2) is 15.3 Å². The van der Waals surface area contributed by atoms with Gasteiger partial charge in [0.05, 0.1) is 11.1 Å². The Morgan fingerprint density at radius 3 is 2.52 bits per heavy atom. The quantitative estimate of drug-likeness (QED) is 0.425. The summed E-state index contributed by atoms with van der Waals surface area (Å²) in [5, 5.41) is 0.956. The smallest absolute Gasteiger partial charge is 0.200 e. The fourth-order valence-electron chi connectivity index (χ4n) is 3.15. The molecule has 0 bridgehead atoms. The van der Waals surface area contributed by atoms with Gasteiger partial charge in [-0.3, -0.25) is 14.6 Å². The summed E-state index contributed by atoms with van der Waals surface area (Å²) in [6.07, 6.45) is 4.48. The van der Waals surface area contributed by atoms with Gasteiger partial charge in [-0.05, 0) is 48.0 Å². The van der Waals surface area contributed by atoms with E-state index in [1.165, 1.54) is 36.8 Å². The summed E-state index contributed by atoms with van der Waals surface area (Å²) in [7, 11) is 0. The molecule has 2 aromatic heterocycles. The largest absolute Gasteiger partial charge is 0.342 e. The standard InChI is InChI=1S/C22H13Cl2FN2O2/c23-15-2-4-20-17(9-15)22(29)18(21(28)13-5-7-26-8-6-13)12-27(20)11-14-1-3-16(25)10-19(14)24/h1-10,12H,11H2. The van der Waals surface area contributed by atoms with Crippen LogP contribution in [0.25, 0.3) is 10.9 Å². The van der Waals surface area contributed by atoms with Crippen molar-refractivity contribution in [3.8, 4) is 0 Å². The van der Waals surface area contributed by atoms with E-state index >= 15 is 0 Å². The third kappa shape index (κ3) is 3.79. The molecular weight excluding hydrogens is 414 g/mol. The zero-order chi connectivity index (χ0) is 20.5. The molecule has 2 heterocycles. The molecule has 4 rings (SSSR count). The molecule has 2 aromatic carbocycles. The number of carbonyl (C=O) groups excluding carboxylic acids is 1. The van der Waals surface area contributed by atoms with Crippen LogP contribution >= 0.6 is 23.2 Å². The Hall–Kier alpha value is -3.02. The summed E-state index contributed by atoms with van der Waals surface area (Å²) < 4.78 is 15.1. The molecule has 0 amide bonds. The highest BCUT2D eigenvalue weighted by Gasteiger charge is 2.18. The summed E-state index contributed by atoms with van der Waals surface area (Å²) in [4.78, 5) is 29.9. The monoisotopic (exact) mass is 426 g/mol. The molecule has 0 aliphatic rings. The SMILES string of the molecule is O=C(c1ccncc1)c1cn(Cc2ccc(F)cc2Cl)c2ccc(Cl)cc2c1=O. The molecule has 0 aliphatic heterocycles. The van der Waals surface area contributed by atoms with Gasteiger partial charge in [0.25, 0.3) is 0 Å². The van der Waals surface area contributed by atoms with E-state index < -0.39 is 17.0 Å². The third-order valence-corrected chi connectivity index (χ3v) is 5.17. The minimum atomic E-state index is -0.441. The van der Waals surface area contributed by atoms with Crippen molar-refractivity contribution in [2.24, 2.45) is 0 Å². The Morgan fingerprint density at radius 2 is 1.79 bits per heavy atom. The first-order valence-corrected chi connectivity index (χ1v) is 9.41. The van der Waals surface area contributed by atoms with Gasteiger partial charge in [0.2, 0.25) is 5.43 Å². The minimum Gasteiger partial charge on any atom is -0.342 e. The van der Waals surface area contributed by atoms with E-state index in [4.69, 9.17) is 23.2 Å². The molecular formula is C22H13Cl2FN2O2. The molecule has 4 aromatic rings. The highest BCUT2D eigenvalue weighted by molar-refractivity contribution is 6.31. The number of carbonyl (C=O) groups is 1. The van der Waals surface area contributed by atoms with Gasteiger partial charge < -0.3 is 4.57 Å². The van der Waals surface area contributed by atoms with E-state index in [0.717, 1.165) is 0 Å². The maximum Gasteiger partial charge on any atom is 0.200 e. The van der Waals surface area contributed by atoms with Crippen LogP contribution < -0.4 is 5.43 Å². The van der Waals surface area contributed by atoms with Gasteiger partial charge in [-0.25, -0.2) is 4.39 Å². The molecule has 0 saturated heterocycles. The molecule has 0 unspecified atom stereocenters. The zero-order valence-corrected chi connectivity index (χ0v) is 16.4. The highest BCUT2D eigenvalue weighted by Crippen LogP contribution is 2.23. The number of fused-ring (bicyclic) bond motifs is 1. The molecule has 144 valence electrons. The van der Waals surface area contributed by atoms with Gasteiger partial charge in [0.15, 0.2) is 5.78 Å². The average Bonchev–Trinajstić information content (AvgIpc) is 2.72. The van der Waals surface area contributed by atoms with Gasteiger partial charge in [-0.1, -0.05) is 29.3 Å². The first kappa shape index (κ1) is 19.3. The number of rotatable bonds is 4. The maximum absolute atomic E-state index is 13.4. The van der Waals surface area contributed by atoms with Crippen LogP contribution in [0.1, 0.15) is 21.5 Å². The second-order valence-electron chi connectivity index (χ2n) is 6.46. The van der Waals surface area contributed by atoms with Crippen LogP contribution in [0.2, 0.25) is 10.0 Å². The van der Waals surface area contributed by atoms with Crippen LogP contribution in [0, 0.1) is 5.82 Å². The molecule has 7 heteroatoms. The Bertz CT molecular complexity index is 1300. The lowest BCUT2D eigenvalue weighted by Gasteiger charge is -2.14. The summed E-state index contributed by atoms with van der Waals surface area (Å²) in [6, 6.07) is 12.1. The Morgan fingerprint density at radius 1 is 1.03 bits per heavy atom. The van der Waals surface area contributed by atoms with E-state index in [2.05, 4.69) is 4.98 Å². The van der Waals surface area contributed by atoms with Crippen molar-refractivity contribution in [2.75, 3.05) is 0 Å². The molecule has 0 saturated carbocycles. The lowest BCUT2D eigenvalue weighted by Crippen LogP contribution is -2.20. The van der Waals surface area contributed by atoms with E-state index in [1.807, 2.05) is 0 Å². The van der Waals surface area contributed by atoms with E-state index in [-0.39, 0.29) is 17.1 Å². The van der Waals surface area contributed by atoms with Crippen molar-refractivity contribution in [1.29, 1.82) is 0 Å². The lowest BCUT2D eigenvalue weighted by molar-refractivity contribution is 0.103. The van der Waals surface area contributed by atoms with E-state index in [0.29, 0.717) is 27.1 Å². The first-order valence-electron chi connectivity index (χ1n) is 8.65. The van der Waals surface area contributed by atoms with Crippen molar-refractivity contribution in [3.05, 3.63) is 110 Å². The van der Waals surface area contributed by atoms with Crippen molar-refractivity contribution in [1.82, 2.24) is 9.55 Å². The number of hydrogen-bond acceptors (Lipinski definition) is 3. The van der Waals surface area contributed by atoms with Gasteiger partial charge >= 0.3 is 0 Å². The summed E-state index contributed by atoms with van der Waals surface area (Å²) in [5.41, 5.74) is 1.18. The van der Waals surface area contributed by atoms with E-state index in [9.17, 15) is 14.0 Å². The minimum absolute atomic E-state index is 0.00389. The van der Waals surface area contributed by atoms with Crippen molar-refractivity contribution >= 4 is 39.9 Å². The zero-order valence-electron chi connectivity index (χ0n) is 14.9. The average molecular weight is 427 g/mol. The number of nitrogens with zero attached hydrogens (tertiary/aromatic N) is 2. The van der Waals surface area contributed by atoms with Crippen LogP contribution in [0.3, 0.4) is 0 Å². The van der Waals surface area contributed by atoms with Crippen molar-refractivity contribution in [2.45, 2.75) is 6.54 Å². The Labute approximate surface area is 175 Å². The van der Waals surface area contributed by atoms with Crippen molar-refractivity contribution < 1.29 is 9.18 Å². The van der Waals surface area contributed by atoms with Gasteiger partial charge in [-0.15, -0.1) is 0 Å². The molecule has 0 aliphatic carbocycles. The summed E-state index contributed by atoms with van der Waals surface area (Å²) in [5.74, 6) is -0.859. The number of ketones is 1. The number of halogens is 3. The second kappa shape index (κ2) is 7.78. The number of hydrogen-bond donors (Lipinski definition) is 0. The second-order valence-corrected chi connectivity index (χ2v) is 7.31. The molecule has 0 N–H and O–H groups in total. The fourth-order valence-corrected chi connectivity index (χ4v) is 3.55. The van der Waals surface area contributed by atoms with Crippen molar-refractivity contribution in [3.63, 3.8) is 0 Å². The fraction of sp³-hybridized carbons (Fsp3) is 0.0455. The maximum atomic E-state index is 13.4. The third-order valence-electron chi connectivity index (χ3n) is 4.59. The molecule has 0 atom stereocenters. The number of aromatic nitrogens is 2. The normalized spacial score (nSPS) is 11.0. The summed E-state index contributed by atoms with van der Waals surface area (Å²) >= 11 is 12.3. The number of benzene rings is 2. The first-order chi connectivity index (χ1) is 13.9. The van der Waals surface area contributed by atoms with Crippen LogP contribution in [-0.2, 0) is 6.54 Å². The van der Waals surface area contributed by atoms with Crippen LogP contribution in [0.15, 0.2) is 71.9 Å². The topological polar surface area (TPSA) is 52.0 Å². The predicted molar refractivity (Wildman–Crippen MR) is 111 cm³/mol. The Balaban J connectivity index is 1.92. The van der Waals surface area contributed by atoms with Crippen LogP contribution in [0.4, 0.5) is 4.39 Å². The van der Waals surface area contributed by atoms with E-state index in [1.54, 1.807) is 34.9 Å². The van der Waals surface area contributed by atoms with Gasteiger partial charge in [0, 0.05) is 46.1 Å². The molecule has 4 nitrogen and oxygen atoms in total. The molecule has 0 radical (unpaired) electrons. The molecule has 0 spiro atoms.